The van der Waals surface area contributed by atoms with Crippen molar-refractivity contribution in [3.8, 4) is 0 Å². The molecule has 0 radical (unpaired) electrons. The topological polar surface area (TPSA) is 105 Å². The smallest absolute Gasteiger partial charge is 0.411 e. The summed E-state index contributed by atoms with van der Waals surface area (Å²) in [5.74, 6) is -1.89. The van der Waals surface area contributed by atoms with Gasteiger partial charge in [0.25, 0.3) is 5.91 Å². The third-order valence-electron chi connectivity index (χ3n) is 4.46. The highest BCUT2D eigenvalue weighted by molar-refractivity contribution is 8.00. The highest BCUT2D eigenvalue weighted by atomic mass is 35.5. The Hall–Kier alpha value is -3.56. The molecule has 0 heterocycles. The average molecular weight is 503 g/mol. The molecule has 7 nitrogen and oxygen atoms in total. The Balaban J connectivity index is 1.49. The summed E-state index contributed by atoms with van der Waals surface area (Å²) in [4.78, 5) is 36.5. The minimum absolute atomic E-state index is 0.0510. The number of halogens is 2. The number of carbonyl (C=O) groups excluding carboxylic acids is 2. The van der Waals surface area contributed by atoms with Crippen LogP contribution in [-0.2, 0) is 9.53 Å². The molecule has 0 saturated heterocycles. The van der Waals surface area contributed by atoms with Crippen molar-refractivity contribution in [1.29, 1.82) is 0 Å². The Morgan fingerprint density at radius 3 is 2.32 bits per heavy atom. The van der Waals surface area contributed by atoms with Gasteiger partial charge in [0.1, 0.15) is 11.1 Å². The average Bonchev–Trinajstić information content (AvgIpc) is 2.80. The Morgan fingerprint density at radius 1 is 0.971 bits per heavy atom. The fraction of sp³-hybridized carbons (Fsp3) is 0.125. The van der Waals surface area contributed by atoms with E-state index in [2.05, 4.69) is 10.6 Å². The van der Waals surface area contributed by atoms with Crippen molar-refractivity contribution in [2.75, 3.05) is 17.2 Å². The van der Waals surface area contributed by atoms with Gasteiger partial charge in [-0.3, -0.25) is 14.9 Å². The quantitative estimate of drug-likeness (QED) is 0.314. The van der Waals surface area contributed by atoms with Crippen LogP contribution in [-0.4, -0.2) is 34.9 Å². The fourth-order valence-corrected chi connectivity index (χ4v) is 3.86. The predicted molar refractivity (Wildman–Crippen MR) is 129 cm³/mol. The minimum atomic E-state index is -1.07. The van der Waals surface area contributed by atoms with E-state index in [1.54, 1.807) is 48.5 Å². The van der Waals surface area contributed by atoms with Crippen LogP contribution in [0, 0.1) is 5.82 Å². The Morgan fingerprint density at radius 2 is 1.68 bits per heavy atom. The van der Waals surface area contributed by atoms with Gasteiger partial charge < -0.3 is 15.2 Å². The third kappa shape index (κ3) is 7.79. The normalized spacial score (nSPS) is 11.4. The van der Waals surface area contributed by atoms with E-state index in [4.69, 9.17) is 16.3 Å². The fourth-order valence-electron chi connectivity index (χ4n) is 2.80. The van der Waals surface area contributed by atoms with E-state index in [1.165, 1.54) is 18.2 Å². The van der Waals surface area contributed by atoms with Crippen LogP contribution < -0.4 is 10.6 Å². The number of carboxylic acid groups (broad SMARTS) is 1. The first-order chi connectivity index (χ1) is 16.3. The molecule has 0 aliphatic heterocycles. The molecule has 34 heavy (non-hydrogen) atoms. The van der Waals surface area contributed by atoms with Gasteiger partial charge in [0.2, 0.25) is 0 Å². The van der Waals surface area contributed by atoms with Crippen molar-refractivity contribution in [1.82, 2.24) is 0 Å². The number of nitrogens with one attached hydrogen (secondary N) is 2. The van der Waals surface area contributed by atoms with Crippen molar-refractivity contribution in [2.24, 2.45) is 0 Å². The van der Waals surface area contributed by atoms with E-state index in [-0.39, 0.29) is 24.6 Å². The van der Waals surface area contributed by atoms with E-state index >= 15 is 0 Å². The summed E-state index contributed by atoms with van der Waals surface area (Å²) < 4.78 is 18.2. The maximum atomic E-state index is 13.2. The lowest BCUT2D eigenvalue weighted by molar-refractivity contribution is -0.136. The van der Waals surface area contributed by atoms with E-state index in [9.17, 15) is 23.9 Å². The van der Waals surface area contributed by atoms with Gasteiger partial charge in [-0.2, -0.15) is 0 Å². The number of rotatable bonds is 9. The number of ether oxygens (including phenoxy) is 1. The standard InChI is InChI=1S/C24H20ClFN2O5S/c25-16-6-8-18(9-7-16)27-22(29)15-4-10-20(11-5-15)34-21(23(30)31)12-13-33-24(32)28-19-3-1-2-17(26)14-19/h1-11,14,21H,12-13H2,(H,27,29)(H,28,32)(H,30,31). The zero-order valence-corrected chi connectivity index (χ0v) is 19.2. The monoisotopic (exact) mass is 502 g/mol. The summed E-state index contributed by atoms with van der Waals surface area (Å²) in [6, 6.07) is 18.5. The highest BCUT2D eigenvalue weighted by Crippen LogP contribution is 2.26. The molecule has 0 spiro atoms. The van der Waals surface area contributed by atoms with Crippen molar-refractivity contribution < 1.29 is 28.6 Å². The van der Waals surface area contributed by atoms with Gasteiger partial charge in [0.15, 0.2) is 0 Å². The molecule has 0 aliphatic carbocycles. The van der Waals surface area contributed by atoms with Crippen LogP contribution in [0.5, 0.6) is 0 Å². The van der Waals surface area contributed by atoms with Gasteiger partial charge in [0.05, 0.1) is 6.61 Å². The van der Waals surface area contributed by atoms with Crippen molar-refractivity contribution in [2.45, 2.75) is 16.6 Å². The molecule has 3 aromatic rings. The molecule has 0 aromatic heterocycles. The zero-order valence-electron chi connectivity index (χ0n) is 17.7. The maximum Gasteiger partial charge on any atom is 0.411 e. The molecule has 0 fully saturated rings. The number of amides is 2. The summed E-state index contributed by atoms with van der Waals surface area (Å²) in [6.07, 6.45) is -0.758. The van der Waals surface area contributed by atoms with Crippen LogP contribution >= 0.6 is 23.4 Å². The van der Waals surface area contributed by atoms with Crippen LogP contribution in [0.25, 0.3) is 0 Å². The van der Waals surface area contributed by atoms with E-state index in [1.807, 2.05) is 0 Å². The van der Waals surface area contributed by atoms with Gasteiger partial charge in [-0.05, 0) is 66.7 Å². The number of carboxylic acids is 1. The second-order valence-corrected chi connectivity index (χ2v) is 8.70. The van der Waals surface area contributed by atoms with Gasteiger partial charge >= 0.3 is 12.1 Å². The van der Waals surface area contributed by atoms with Crippen LogP contribution in [0.1, 0.15) is 16.8 Å². The molecule has 10 heteroatoms. The summed E-state index contributed by atoms with van der Waals surface area (Å²) in [6.45, 7) is -0.146. The van der Waals surface area contributed by atoms with E-state index in [0.29, 0.717) is 21.2 Å². The minimum Gasteiger partial charge on any atom is -0.480 e. The lowest BCUT2D eigenvalue weighted by atomic mass is 10.2. The van der Waals surface area contributed by atoms with Crippen LogP contribution in [0.2, 0.25) is 5.02 Å². The van der Waals surface area contributed by atoms with Gasteiger partial charge in [0, 0.05) is 33.3 Å². The third-order valence-corrected chi connectivity index (χ3v) is 5.97. The summed E-state index contributed by atoms with van der Waals surface area (Å²) in [5, 5.41) is 14.3. The number of anilines is 2. The molecular formula is C24H20ClFN2O5S. The second-order valence-electron chi connectivity index (χ2n) is 6.99. The molecule has 1 unspecified atom stereocenters. The van der Waals surface area contributed by atoms with Crippen LogP contribution in [0.15, 0.2) is 77.7 Å². The molecule has 0 bridgehead atoms. The van der Waals surface area contributed by atoms with E-state index < -0.39 is 23.1 Å². The second kappa shape index (κ2) is 12.1. The molecular weight excluding hydrogens is 483 g/mol. The Kier molecular flexibility index (Phi) is 8.89. The molecule has 3 N–H and O–H groups in total. The van der Waals surface area contributed by atoms with Crippen molar-refractivity contribution >= 4 is 52.7 Å². The number of carbonyl (C=O) groups is 3. The maximum absolute atomic E-state index is 13.2. The number of hydrogen-bond donors (Lipinski definition) is 3. The lowest BCUT2D eigenvalue weighted by Crippen LogP contribution is -2.21. The number of thioether (sulfide) groups is 1. The molecule has 3 aromatic carbocycles. The van der Waals surface area contributed by atoms with Crippen molar-refractivity contribution in [3.05, 3.63) is 89.2 Å². The molecule has 3 rings (SSSR count). The Labute approximate surface area is 204 Å². The molecule has 1 atom stereocenters. The van der Waals surface area contributed by atoms with Gasteiger partial charge in [-0.1, -0.05) is 17.7 Å². The molecule has 176 valence electrons. The highest BCUT2D eigenvalue weighted by Gasteiger charge is 2.20. The lowest BCUT2D eigenvalue weighted by Gasteiger charge is -2.13. The molecule has 0 aliphatic rings. The molecule has 2 amide bonds. The molecule has 0 saturated carbocycles. The summed E-state index contributed by atoms with van der Waals surface area (Å²) >= 11 is 6.91. The largest absolute Gasteiger partial charge is 0.480 e. The van der Waals surface area contributed by atoms with E-state index in [0.717, 1.165) is 17.8 Å². The van der Waals surface area contributed by atoms with Crippen LogP contribution in [0.4, 0.5) is 20.6 Å². The van der Waals surface area contributed by atoms with Gasteiger partial charge in [-0.15, -0.1) is 11.8 Å². The summed E-state index contributed by atoms with van der Waals surface area (Å²) in [7, 11) is 0. The SMILES string of the molecule is O=C(Nc1cccc(F)c1)OCCC(Sc1ccc(C(=O)Nc2ccc(Cl)cc2)cc1)C(=O)O. The predicted octanol–water partition coefficient (Wildman–Crippen LogP) is 5.92. The number of benzene rings is 3. The zero-order chi connectivity index (χ0) is 24.5. The van der Waals surface area contributed by atoms with Crippen molar-refractivity contribution in [3.63, 3.8) is 0 Å². The van der Waals surface area contributed by atoms with Crippen LogP contribution in [0.3, 0.4) is 0 Å². The number of hydrogen-bond acceptors (Lipinski definition) is 5. The first-order valence-electron chi connectivity index (χ1n) is 10.1. The first-order valence-corrected chi connectivity index (χ1v) is 11.3. The number of aliphatic carboxylic acids is 1. The summed E-state index contributed by atoms with van der Waals surface area (Å²) in [5.41, 5.74) is 1.23. The first kappa shape index (κ1) is 25.1. The van der Waals surface area contributed by atoms with Gasteiger partial charge in [-0.25, -0.2) is 9.18 Å². The Bertz CT molecular complexity index is 1160.